The molecule has 1 saturated carbocycles. The van der Waals surface area contributed by atoms with E-state index in [1.165, 1.54) is 18.9 Å². The van der Waals surface area contributed by atoms with E-state index in [2.05, 4.69) is 5.32 Å². The van der Waals surface area contributed by atoms with Gasteiger partial charge >= 0.3 is 0 Å². The second kappa shape index (κ2) is 3.27. The summed E-state index contributed by atoms with van der Waals surface area (Å²) in [5, 5.41) is 2.71. The molecule has 1 fully saturated rings. The third-order valence-corrected chi connectivity index (χ3v) is 2.35. The van der Waals surface area contributed by atoms with Gasteiger partial charge in [0.1, 0.15) is 6.23 Å². The maximum Gasteiger partial charge on any atom is 0.246 e. The molecule has 2 aliphatic rings. The highest BCUT2D eigenvalue weighted by Crippen LogP contribution is 2.22. The summed E-state index contributed by atoms with van der Waals surface area (Å²) in [5.41, 5.74) is 0. The zero-order valence-corrected chi connectivity index (χ0v) is 6.95. The first kappa shape index (κ1) is 7.80. The Hall–Kier alpha value is -0.830. The van der Waals surface area contributed by atoms with Gasteiger partial charge in [-0.15, -0.1) is 0 Å². The van der Waals surface area contributed by atoms with Gasteiger partial charge in [-0.05, 0) is 18.9 Å². The Kier molecular flexibility index (Phi) is 2.13. The number of rotatable bonds is 2. The molecule has 3 heteroatoms. The summed E-state index contributed by atoms with van der Waals surface area (Å²) in [6.07, 6.45) is 8.30. The van der Waals surface area contributed by atoms with Crippen LogP contribution in [0.1, 0.15) is 25.7 Å². The van der Waals surface area contributed by atoms with Crippen molar-refractivity contribution in [2.45, 2.75) is 38.0 Å². The summed E-state index contributed by atoms with van der Waals surface area (Å²) in [5.74, 6) is -0.0435. The fourth-order valence-corrected chi connectivity index (χ4v) is 1.72. The lowest BCUT2D eigenvalue weighted by molar-refractivity contribution is -0.119. The summed E-state index contributed by atoms with van der Waals surface area (Å²) in [7, 11) is 0. The molecule has 12 heavy (non-hydrogen) atoms. The monoisotopic (exact) mass is 167 g/mol. The molecular weight excluding hydrogens is 154 g/mol. The maximum atomic E-state index is 10.7. The molecule has 0 bridgehead atoms. The Morgan fingerprint density at radius 2 is 2.17 bits per heavy atom. The Morgan fingerprint density at radius 1 is 1.42 bits per heavy atom. The zero-order chi connectivity index (χ0) is 8.39. The first-order valence-corrected chi connectivity index (χ1v) is 4.49. The van der Waals surface area contributed by atoms with Crippen LogP contribution in [-0.2, 0) is 9.53 Å². The van der Waals surface area contributed by atoms with Crippen LogP contribution in [0.4, 0.5) is 0 Å². The van der Waals surface area contributed by atoms with Crippen LogP contribution in [-0.4, -0.2) is 18.2 Å². The number of amides is 1. The first-order chi connectivity index (χ1) is 5.84. The van der Waals surface area contributed by atoms with Crippen LogP contribution in [0.25, 0.3) is 0 Å². The van der Waals surface area contributed by atoms with E-state index in [0.717, 1.165) is 12.8 Å². The Bertz CT molecular complexity index is 207. The molecule has 0 aromatic carbocycles. The number of hydrogen-bond acceptors (Lipinski definition) is 2. The fraction of sp³-hybridized carbons (Fsp3) is 0.667. The average Bonchev–Trinajstić information content (AvgIpc) is 2.63. The number of carbonyl (C=O) groups excluding carboxylic acids is 1. The minimum Gasteiger partial charge on any atom is -0.352 e. The third kappa shape index (κ3) is 1.67. The van der Waals surface area contributed by atoms with Crippen molar-refractivity contribution < 1.29 is 9.53 Å². The second-order valence-electron chi connectivity index (χ2n) is 3.33. The lowest BCUT2D eigenvalue weighted by Crippen LogP contribution is -2.31. The molecule has 0 aromatic rings. The van der Waals surface area contributed by atoms with Crippen molar-refractivity contribution in [1.82, 2.24) is 5.32 Å². The standard InChI is InChI=1S/C9H13NO2/c11-8-5-6-9(10-8)12-7-3-1-2-4-7/h5-7,9H,1-4H2,(H,10,11). The predicted molar refractivity (Wildman–Crippen MR) is 44.4 cm³/mol. The number of hydrogen-bond donors (Lipinski definition) is 1. The fourth-order valence-electron chi connectivity index (χ4n) is 1.72. The molecule has 0 radical (unpaired) electrons. The summed E-state index contributed by atoms with van der Waals surface area (Å²) in [6.45, 7) is 0. The van der Waals surface area contributed by atoms with E-state index in [1.807, 2.05) is 0 Å². The minimum absolute atomic E-state index is 0.0435. The number of carbonyl (C=O) groups is 1. The van der Waals surface area contributed by atoms with Gasteiger partial charge in [-0.1, -0.05) is 12.8 Å². The summed E-state index contributed by atoms with van der Waals surface area (Å²) in [6, 6.07) is 0. The van der Waals surface area contributed by atoms with Crippen LogP contribution in [0.2, 0.25) is 0 Å². The SMILES string of the molecule is O=C1C=CC(OC2CCCC2)N1. The van der Waals surface area contributed by atoms with Crippen LogP contribution in [0.5, 0.6) is 0 Å². The van der Waals surface area contributed by atoms with Gasteiger partial charge in [0.2, 0.25) is 5.91 Å². The Morgan fingerprint density at radius 3 is 2.75 bits per heavy atom. The smallest absolute Gasteiger partial charge is 0.246 e. The van der Waals surface area contributed by atoms with E-state index >= 15 is 0 Å². The number of nitrogens with one attached hydrogen (secondary N) is 1. The van der Waals surface area contributed by atoms with Gasteiger partial charge in [-0.25, -0.2) is 0 Å². The lowest BCUT2D eigenvalue weighted by Gasteiger charge is -2.16. The predicted octanol–water partition coefficient (Wildman–Crippen LogP) is 0.958. The Labute approximate surface area is 71.8 Å². The molecular formula is C9H13NO2. The molecule has 3 nitrogen and oxygen atoms in total. The van der Waals surface area contributed by atoms with Crippen molar-refractivity contribution in [3.05, 3.63) is 12.2 Å². The zero-order valence-electron chi connectivity index (χ0n) is 6.95. The van der Waals surface area contributed by atoms with Gasteiger partial charge < -0.3 is 10.1 Å². The molecule has 1 atom stereocenters. The van der Waals surface area contributed by atoms with Gasteiger partial charge in [0.25, 0.3) is 0 Å². The number of ether oxygens (including phenoxy) is 1. The topological polar surface area (TPSA) is 38.3 Å². The van der Waals surface area contributed by atoms with Gasteiger partial charge in [0.05, 0.1) is 6.10 Å². The van der Waals surface area contributed by atoms with Crippen molar-refractivity contribution in [3.8, 4) is 0 Å². The van der Waals surface area contributed by atoms with E-state index in [4.69, 9.17) is 4.74 Å². The Balaban J connectivity index is 1.79. The maximum absolute atomic E-state index is 10.7. The van der Waals surface area contributed by atoms with E-state index in [1.54, 1.807) is 6.08 Å². The van der Waals surface area contributed by atoms with Crippen LogP contribution < -0.4 is 5.32 Å². The molecule has 1 heterocycles. The normalized spacial score (nSPS) is 29.7. The van der Waals surface area contributed by atoms with E-state index < -0.39 is 0 Å². The van der Waals surface area contributed by atoms with Gasteiger partial charge in [0.15, 0.2) is 0 Å². The molecule has 1 aliphatic carbocycles. The molecule has 2 rings (SSSR count). The van der Waals surface area contributed by atoms with Crippen molar-refractivity contribution in [2.75, 3.05) is 0 Å². The quantitative estimate of drug-likeness (QED) is 0.665. The minimum atomic E-state index is -0.166. The highest BCUT2D eigenvalue weighted by Gasteiger charge is 2.21. The molecule has 66 valence electrons. The first-order valence-electron chi connectivity index (χ1n) is 4.49. The van der Waals surface area contributed by atoms with Crippen LogP contribution in [0, 0.1) is 0 Å². The highest BCUT2D eigenvalue weighted by molar-refractivity contribution is 5.90. The molecule has 0 saturated heterocycles. The van der Waals surface area contributed by atoms with Crippen LogP contribution in [0.15, 0.2) is 12.2 Å². The van der Waals surface area contributed by atoms with Gasteiger partial charge in [-0.3, -0.25) is 4.79 Å². The second-order valence-corrected chi connectivity index (χ2v) is 3.33. The average molecular weight is 167 g/mol. The van der Waals surface area contributed by atoms with Crippen molar-refractivity contribution in [1.29, 1.82) is 0 Å². The summed E-state index contributed by atoms with van der Waals surface area (Å²) in [4.78, 5) is 10.7. The highest BCUT2D eigenvalue weighted by atomic mass is 16.5. The van der Waals surface area contributed by atoms with Crippen molar-refractivity contribution in [3.63, 3.8) is 0 Å². The molecule has 1 unspecified atom stereocenters. The van der Waals surface area contributed by atoms with Gasteiger partial charge in [-0.2, -0.15) is 0 Å². The molecule has 1 aliphatic heterocycles. The lowest BCUT2D eigenvalue weighted by atomic mass is 10.3. The third-order valence-electron chi connectivity index (χ3n) is 2.35. The largest absolute Gasteiger partial charge is 0.352 e. The van der Waals surface area contributed by atoms with E-state index in [-0.39, 0.29) is 12.1 Å². The van der Waals surface area contributed by atoms with Crippen molar-refractivity contribution >= 4 is 5.91 Å². The summed E-state index contributed by atoms with van der Waals surface area (Å²) >= 11 is 0. The van der Waals surface area contributed by atoms with Crippen LogP contribution in [0.3, 0.4) is 0 Å². The van der Waals surface area contributed by atoms with Gasteiger partial charge in [0, 0.05) is 6.08 Å². The molecule has 1 N–H and O–H groups in total. The summed E-state index contributed by atoms with van der Waals surface area (Å²) < 4.78 is 5.62. The van der Waals surface area contributed by atoms with E-state index in [0.29, 0.717) is 6.10 Å². The van der Waals surface area contributed by atoms with Crippen LogP contribution >= 0.6 is 0 Å². The molecule has 0 spiro atoms. The van der Waals surface area contributed by atoms with E-state index in [9.17, 15) is 4.79 Å². The molecule has 1 amide bonds. The molecule has 0 aromatic heterocycles. The van der Waals surface area contributed by atoms with Crippen molar-refractivity contribution in [2.24, 2.45) is 0 Å².